The largest absolute Gasteiger partial charge is 0.479 e. The van der Waals surface area contributed by atoms with E-state index in [0.29, 0.717) is 18.4 Å². The van der Waals surface area contributed by atoms with Gasteiger partial charge in [0.1, 0.15) is 5.82 Å². The molecule has 2 aromatic carbocycles. The summed E-state index contributed by atoms with van der Waals surface area (Å²) in [5.74, 6) is 3.56. The molecule has 10 heteroatoms. The quantitative estimate of drug-likeness (QED) is 0.397. The summed E-state index contributed by atoms with van der Waals surface area (Å²) in [4.78, 5) is 20.1. The molecule has 0 bridgehead atoms. The molecule has 0 aliphatic rings. The molecular weight excluding hydrogens is 461 g/mol. The molecule has 3 aromatic rings. The summed E-state index contributed by atoms with van der Waals surface area (Å²) >= 11 is 0. The molecule has 3 N–H and O–H groups in total. The number of rotatable bonds is 11. The number of halogens is 1. The first kappa shape index (κ1) is 25.3. The average molecular weight is 488 g/mol. The maximum absolute atomic E-state index is 13.9. The minimum atomic E-state index is -3.46. The van der Waals surface area contributed by atoms with Crippen LogP contribution in [0.15, 0.2) is 78.2 Å². The number of hydrogen-bond donors (Lipinski definition) is 2. The Morgan fingerprint density at radius 1 is 1.26 bits per heavy atom. The second-order valence-electron chi connectivity index (χ2n) is 7.86. The molecule has 0 amide bonds. The fourth-order valence-electron chi connectivity index (χ4n) is 3.71. The summed E-state index contributed by atoms with van der Waals surface area (Å²) in [6, 6.07) is 12.4. The lowest BCUT2D eigenvalue weighted by Gasteiger charge is -2.24. The van der Waals surface area contributed by atoms with Gasteiger partial charge in [-0.3, -0.25) is 4.84 Å². The van der Waals surface area contributed by atoms with Gasteiger partial charge in [-0.2, -0.15) is 0 Å². The molecule has 34 heavy (non-hydrogen) atoms. The summed E-state index contributed by atoms with van der Waals surface area (Å²) in [7, 11) is -3.46. The summed E-state index contributed by atoms with van der Waals surface area (Å²) in [6.07, 6.45) is 7.58. The summed E-state index contributed by atoms with van der Waals surface area (Å²) in [6.45, 7) is 0. The third kappa shape index (κ3) is 6.60. The Morgan fingerprint density at radius 3 is 2.65 bits per heavy atom. The number of nitrogens with zero attached hydrogens (tertiary/aromatic N) is 2. The number of carbonyl (C=O) groups is 1. The molecule has 180 valence electrons. The molecule has 1 aromatic heterocycles. The van der Waals surface area contributed by atoms with Gasteiger partial charge in [-0.25, -0.2) is 28.5 Å². The van der Waals surface area contributed by atoms with Crippen molar-refractivity contribution in [3.63, 3.8) is 0 Å². The zero-order valence-corrected chi connectivity index (χ0v) is 19.4. The summed E-state index contributed by atoms with van der Waals surface area (Å²) in [5.41, 5.74) is 2.10. The molecule has 3 rings (SSSR count). The van der Waals surface area contributed by atoms with E-state index < -0.39 is 21.9 Å². The van der Waals surface area contributed by atoms with Crippen LogP contribution >= 0.6 is 0 Å². The van der Waals surface area contributed by atoms with Crippen molar-refractivity contribution < 1.29 is 27.5 Å². The molecule has 0 aliphatic carbocycles. The van der Waals surface area contributed by atoms with Crippen LogP contribution in [0.4, 0.5) is 4.39 Å². The van der Waals surface area contributed by atoms with Gasteiger partial charge in [0.2, 0.25) is 0 Å². The van der Waals surface area contributed by atoms with Gasteiger partial charge in [-0.15, -0.1) is 0 Å². The SMILES string of the molecule is CS(=O)(=O)c1cccc(/C(=C/CCC(ON)C(=O)O)C(Cc2cccc(F)c2)n2ccnc2)c1. The fraction of sp³-hybridized carbons (Fsp3) is 0.250. The van der Waals surface area contributed by atoms with Gasteiger partial charge in [0.15, 0.2) is 15.9 Å². The topological polar surface area (TPSA) is 125 Å². The van der Waals surface area contributed by atoms with Gasteiger partial charge in [0.25, 0.3) is 0 Å². The Kier molecular flexibility index (Phi) is 8.32. The molecule has 0 saturated carbocycles. The zero-order valence-electron chi connectivity index (χ0n) is 18.5. The molecular formula is C24H26FN3O5S. The van der Waals surface area contributed by atoms with Crippen LogP contribution < -0.4 is 5.90 Å². The second-order valence-corrected chi connectivity index (χ2v) is 9.88. The Labute approximate surface area is 197 Å². The molecule has 0 radical (unpaired) electrons. The zero-order chi connectivity index (χ0) is 24.7. The lowest BCUT2D eigenvalue weighted by Crippen LogP contribution is -2.26. The Balaban J connectivity index is 2.08. The molecule has 1 heterocycles. The standard InChI is InChI=1S/C24H26FN3O5S/c1-34(31,32)20-8-3-6-18(15-20)21(9-4-10-23(33-26)24(29)30)22(28-12-11-27-16-28)14-17-5-2-7-19(25)13-17/h2-3,5-9,11-13,15-16,22-23H,4,10,14,26H2,1H3,(H,29,30)/b21-9-. The van der Waals surface area contributed by atoms with Crippen LogP contribution in [0.1, 0.15) is 30.0 Å². The lowest BCUT2D eigenvalue weighted by atomic mass is 9.91. The lowest BCUT2D eigenvalue weighted by molar-refractivity contribution is -0.151. The Morgan fingerprint density at radius 2 is 2.03 bits per heavy atom. The van der Waals surface area contributed by atoms with Crippen molar-refractivity contribution in [1.29, 1.82) is 0 Å². The van der Waals surface area contributed by atoms with Crippen molar-refractivity contribution >= 4 is 21.4 Å². The van der Waals surface area contributed by atoms with Crippen LogP contribution in [0.5, 0.6) is 0 Å². The summed E-state index contributed by atoms with van der Waals surface area (Å²) in [5, 5.41) is 9.22. The van der Waals surface area contributed by atoms with Gasteiger partial charge >= 0.3 is 5.97 Å². The van der Waals surface area contributed by atoms with Crippen LogP contribution in [0.3, 0.4) is 0 Å². The first-order chi connectivity index (χ1) is 16.2. The van der Waals surface area contributed by atoms with Crippen molar-refractivity contribution in [2.45, 2.75) is 36.3 Å². The van der Waals surface area contributed by atoms with E-state index in [1.165, 1.54) is 18.2 Å². The third-order valence-corrected chi connectivity index (χ3v) is 6.50. The van der Waals surface area contributed by atoms with E-state index in [2.05, 4.69) is 9.82 Å². The molecule has 2 unspecified atom stereocenters. The van der Waals surface area contributed by atoms with Crippen molar-refractivity contribution in [3.05, 3.63) is 90.3 Å². The van der Waals surface area contributed by atoms with E-state index >= 15 is 0 Å². The number of hydrogen-bond acceptors (Lipinski definition) is 6. The highest BCUT2D eigenvalue weighted by atomic mass is 32.2. The number of imidazole rings is 1. The molecule has 0 saturated heterocycles. The van der Waals surface area contributed by atoms with Crippen LogP contribution in [0, 0.1) is 5.82 Å². The fourth-order valence-corrected chi connectivity index (χ4v) is 4.38. The number of allylic oxidation sites excluding steroid dienone is 2. The van der Waals surface area contributed by atoms with E-state index in [9.17, 15) is 22.7 Å². The third-order valence-electron chi connectivity index (χ3n) is 5.39. The average Bonchev–Trinajstić information content (AvgIpc) is 3.32. The molecule has 8 nitrogen and oxygen atoms in total. The molecule has 0 spiro atoms. The molecule has 0 fully saturated rings. The van der Waals surface area contributed by atoms with E-state index in [1.54, 1.807) is 49.1 Å². The Hall–Kier alpha value is -3.34. The number of aromatic nitrogens is 2. The number of benzene rings is 2. The van der Waals surface area contributed by atoms with Gasteiger partial charge < -0.3 is 9.67 Å². The second kappa shape index (κ2) is 11.2. The van der Waals surface area contributed by atoms with Gasteiger partial charge in [0.05, 0.1) is 17.3 Å². The van der Waals surface area contributed by atoms with Gasteiger partial charge in [0, 0.05) is 18.6 Å². The van der Waals surface area contributed by atoms with E-state index in [4.69, 9.17) is 5.90 Å². The first-order valence-corrected chi connectivity index (χ1v) is 12.4. The van der Waals surface area contributed by atoms with Gasteiger partial charge in [-0.05, 0) is 60.2 Å². The van der Waals surface area contributed by atoms with Crippen LogP contribution in [0.2, 0.25) is 0 Å². The summed E-state index contributed by atoms with van der Waals surface area (Å²) < 4.78 is 40.1. The van der Waals surface area contributed by atoms with Crippen LogP contribution in [-0.2, 0) is 25.9 Å². The predicted octanol–water partition coefficient (Wildman–Crippen LogP) is 3.42. The molecule has 2 atom stereocenters. The maximum atomic E-state index is 13.9. The first-order valence-electron chi connectivity index (χ1n) is 10.5. The van der Waals surface area contributed by atoms with Crippen LogP contribution in [-0.4, -0.2) is 41.4 Å². The van der Waals surface area contributed by atoms with E-state index in [-0.39, 0.29) is 23.2 Å². The smallest absolute Gasteiger partial charge is 0.334 e. The minimum Gasteiger partial charge on any atom is -0.479 e. The van der Waals surface area contributed by atoms with E-state index in [0.717, 1.165) is 17.4 Å². The minimum absolute atomic E-state index is 0.109. The van der Waals surface area contributed by atoms with Crippen molar-refractivity contribution in [2.75, 3.05) is 6.26 Å². The number of nitrogens with two attached hydrogens (primary N) is 1. The van der Waals surface area contributed by atoms with Crippen molar-refractivity contribution in [1.82, 2.24) is 9.55 Å². The van der Waals surface area contributed by atoms with Gasteiger partial charge in [-0.1, -0.05) is 30.3 Å². The molecule has 0 aliphatic heterocycles. The number of carboxylic acids is 1. The monoisotopic (exact) mass is 487 g/mol. The number of aliphatic carboxylic acids is 1. The van der Waals surface area contributed by atoms with Crippen LogP contribution in [0.25, 0.3) is 5.57 Å². The predicted molar refractivity (Wildman–Crippen MR) is 125 cm³/mol. The van der Waals surface area contributed by atoms with E-state index in [1.807, 2.05) is 10.6 Å². The number of sulfone groups is 1. The highest BCUT2D eigenvalue weighted by Gasteiger charge is 2.22. The maximum Gasteiger partial charge on any atom is 0.334 e. The van der Waals surface area contributed by atoms with Crippen molar-refractivity contribution in [2.24, 2.45) is 5.90 Å². The Bertz CT molecular complexity index is 1260. The highest BCUT2D eigenvalue weighted by molar-refractivity contribution is 7.90. The van der Waals surface area contributed by atoms with Crippen molar-refractivity contribution in [3.8, 4) is 0 Å². The highest BCUT2D eigenvalue weighted by Crippen LogP contribution is 2.33. The normalized spacial score (nSPS) is 14.0. The number of carboxylic acid groups (broad SMARTS) is 1.